The van der Waals surface area contributed by atoms with Gasteiger partial charge in [-0.2, -0.15) is 0 Å². The van der Waals surface area contributed by atoms with Gasteiger partial charge < -0.3 is 10.0 Å². The molecule has 2 aliphatic rings. The SMILES string of the molecule is O=C(C1CC=CC1)N1CCCC1CC(O)c1ccccc1. The van der Waals surface area contributed by atoms with Crippen molar-refractivity contribution in [2.45, 2.75) is 44.2 Å². The minimum absolute atomic E-state index is 0.138. The quantitative estimate of drug-likeness (QED) is 0.864. The highest BCUT2D eigenvalue weighted by Gasteiger charge is 2.34. The van der Waals surface area contributed by atoms with E-state index >= 15 is 0 Å². The molecule has 1 heterocycles. The number of hydrogen-bond donors (Lipinski definition) is 1. The predicted octanol–water partition coefficient (Wildman–Crippen LogP) is 3.07. The molecule has 1 fully saturated rings. The second kappa shape index (κ2) is 6.44. The minimum atomic E-state index is -0.480. The molecule has 1 aliphatic carbocycles. The van der Waals surface area contributed by atoms with Crippen LogP contribution in [0.25, 0.3) is 0 Å². The van der Waals surface area contributed by atoms with Crippen molar-refractivity contribution in [3.8, 4) is 0 Å². The fourth-order valence-electron chi connectivity index (χ4n) is 3.49. The predicted molar refractivity (Wildman–Crippen MR) is 82.6 cm³/mol. The van der Waals surface area contributed by atoms with E-state index in [4.69, 9.17) is 0 Å². The molecule has 1 aliphatic heterocycles. The van der Waals surface area contributed by atoms with Crippen LogP contribution in [0.3, 0.4) is 0 Å². The highest BCUT2D eigenvalue weighted by Crippen LogP contribution is 2.30. The fraction of sp³-hybridized carbons (Fsp3) is 0.500. The molecule has 3 nitrogen and oxygen atoms in total. The molecular formula is C18H23NO2. The Morgan fingerprint density at radius 2 is 1.95 bits per heavy atom. The maximum absolute atomic E-state index is 12.6. The van der Waals surface area contributed by atoms with Gasteiger partial charge in [0.05, 0.1) is 6.10 Å². The third-order valence-corrected chi connectivity index (χ3v) is 4.70. The second-order valence-corrected chi connectivity index (χ2v) is 6.13. The van der Waals surface area contributed by atoms with Crippen molar-refractivity contribution < 1.29 is 9.90 Å². The highest BCUT2D eigenvalue weighted by molar-refractivity contribution is 5.80. The van der Waals surface area contributed by atoms with Gasteiger partial charge in [0.2, 0.25) is 5.91 Å². The van der Waals surface area contributed by atoms with E-state index in [1.54, 1.807) is 0 Å². The standard InChI is InChI=1S/C18H23NO2/c20-17(14-7-2-1-3-8-14)13-16-11-6-12-19(16)18(21)15-9-4-5-10-15/h1-5,7-8,15-17,20H,6,9-13H2. The van der Waals surface area contributed by atoms with E-state index in [1.807, 2.05) is 35.2 Å². The maximum atomic E-state index is 12.6. The molecule has 1 saturated heterocycles. The summed E-state index contributed by atoms with van der Waals surface area (Å²) < 4.78 is 0. The Kier molecular flexibility index (Phi) is 4.39. The van der Waals surface area contributed by atoms with Crippen LogP contribution >= 0.6 is 0 Å². The summed E-state index contributed by atoms with van der Waals surface area (Å²) in [6.45, 7) is 0.849. The molecule has 3 rings (SSSR count). The zero-order chi connectivity index (χ0) is 14.7. The first-order valence-electron chi connectivity index (χ1n) is 7.94. The molecule has 21 heavy (non-hydrogen) atoms. The normalized spacial score (nSPS) is 23.7. The van der Waals surface area contributed by atoms with Crippen LogP contribution < -0.4 is 0 Å². The minimum Gasteiger partial charge on any atom is -0.388 e. The van der Waals surface area contributed by atoms with Gasteiger partial charge in [0.15, 0.2) is 0 Å². The Hall–Kier alpha value is -1.61. The van der Waals surface area contributed by atoms with Crippen molar-refractivity contribution in [2.75, 3.05) is 6.54 Å². The van der Waals surface area contributed by atoms with Gasteiger partial charge in [0.25, 0.3) is 0 Å². The van der Waals surface area contributed by atoms with Crippen molar-refractivity contribution in [1.29, 1.82) is 0 Å². The molecule has 1 aromatic rings. The third-order valence-electron chi connectivity index (χ3n) is 4.70. The Morgan fingerprint density at radius 3 is 2.67 bits per heavy atom. The molecule has 1 amide bonds. The van der Waals surface area contributed by atoms with Crippen LogP contribution in [0.2, 0.25) is 0 Å². The smallest absolute Gasteiger partial charge is 0.226 e. The van der Waals surface area contributed by atoms with Gasteiger partial charge in [-0.25, -0.2) is 0 Å². The van der Waals surface area contributed by atoms with Gasteiger partial charge in [-0.3, -0.25) is 4.79 Å². The summed E-state index contributed by atoms with van der Waals surface area (Å²) >= 11 is 0. The molecule has 2 atom stereocenters. The molecule has 1 aromatic carbocycles. The van der Waals surface area contributed by atoms with Crippen LogP contribution in [0.5, 0.6) is 0 Å². The topological polar surface area (TPSA) is 40.5 Å². The molecule has 112 valence electrons. The maximum Gasteiger partial charge on any atom is 0.226 e. The summed E-state index contributed by atoms with van der Waals surface area (Å²) in [6, 6.07) is 9.93. The zero-order valence-electron chi connectivity index (χ0n) is 12.3. The summed E-state index contributed by atoms with van der Waals surface area (Å²) in [7, 11) is 0. The van der Waals surface area contributed by atoms with Crippen LogP contribution in [0.1, 0.15) is 43.8 Å². The second-order valence-electron chi connectivity index (χ2n) is 6.13. The zero-order valence-corrected chi connectivity index (χ0v) is 12.3. The average Bonchev–Trinajstić information content (AvgIpc) is 3.19. The molecule has 0 aromatic heterocycles. The molecular weight excluding hydrogens is 262 g/mol. The first kappa shape index (κ1) is 14.3. The van der Waals surface area contributed by atoms with E-state index in [0.29, 0.717) is 6.42 Å². The number of aliphatic hydroxyl groups is 1. The Bertz CT molecular complexity index is 503. The summed E-state index contributed by atoms with van der Waals surface area (Å²) in [5, 5.41) is 10.4. The van der Waals surface area contributed by atoms with E-state index in [9.17, 15) is 9.90 Å². The first-order chi connectivity index (χ1) is 10.3. The lowest BCUT2D eigenvalue weighted by molar-refractivity contribution is -0.136. The summed E-state index contributed by atoms with van der Waals surface area (Å²) in [6.07, 6.45) is 8.20. The molecule has 2 unspecified atom stereocenters. The lowest BCUT2D eigenvalue weighted by Gasteiger charge is -2.29. The van der Waals surface area contributed by atoms with Crippen molar-refractivity contribution in [2.24, 2.45) is 5.92 Å². The fourth-order valence-corrected chi connectivity index (χ4v) is 3.49. The van der Waals surface area contributed by atoms with Gasteiger partial charge in [-0.1, -0.05) is 42.5 Å². The number of hydrogen-bond acceptors (Lipinski definition) is 2. The van der Waals surface area contributed by atoms with Crippen molar-refractivity contribution in [1.82, 2.24) is 4.90 Å². The van der Waals surface area contributed by atoms with Crippen molar-refractivity contribution >= 4 is 5.91 Å². The Balaban J connectivity index is 1.63. The number of nitrogens with zero attached hydrogens (tertiary/aromatic N) is 1. The third kappa shape index (κ3) is 3.18. The van der Waals surface area contributed by atoms with Gasteiger partial charge in [-0.15, -0.1) is 0 Å². The van der Waals surface area contributed by atoms with Crippen LogP contribution in [-0.4, -0.2) is 28.5 Å². The molecule has 0 saturated carbocycles. The number of amides is 1. The molecule has 0 bridgehead atoms. The van der Waals surface area contributed by atoms with E-state index < -0.39 is 6.10 Å². The summed E-state index contributed by atoms with van der Waals surface area (Å²) in [5.41, 5.74) is 0.944. The van der Waals surface area contributed by atoms with Gasteiger partial charge in [0, 0.05) is 18.5 Å². The van der Waals surface area contributed by atoms with E-state index in [1.165, 1.54) is 0 Å². The summed E-state index contributed by atoms with van der Waals surface area (Å²) in [4.78, 5) is 14.6. The van der Waals surface area contributed by atoms with Crippen LogP contribution in [0, 0.1) is 5.92 Å². The monoisotopic (exact) mass is 285 g/mol. The highest BCUT2D eigenvalue weighted by atomic mass is 16.3. The van der Waals surface area contributed by atoms with Crippen LogP contribution in [0.4, 0.5) is 0 Å². The van der Waals surface area contributed by atoms with Gasteiger partial charge in [-0.05, 0) is 37.7 Å². The van der Waals surface area contributed by atoms with Crippen LogP contribution in [-0.2, 0) is 4.79 Å². The van der Waals surface area contributed by atoms with E-state index in [0.717, 1.165) is 37.8 Å². The lowest BCUT2D eigenvalue weighted by Crippen LogP contribution is -2.39. The van der Waals surface area contributed by atoms with Gasteiger partial charge in [0.1, 0.15) is 0 Å². The Morgan fingerprint density at radius 1 is 1.24 bits per heavy atom. The number of allylic oxidation sites excluding steroid dienone is 2. The number of benzene rings is 1. The number of carbonyl (C=O) groups excluding carboxylic acids is 1. The molecule has 1 N–H and O–H groups in total. The molecule has 3 heteroatoms. The van der Waals surface area contributed by atoms with Crippen molar-refractivity contribution in [3.63, 3.8) is 0 Å². The lowest BCUT2D eigenvalue weighted by atomic mass is 9.99. The van der Waals surface area contributed by atoms with Crippen molar-refractivity contribution in [3.05, 3.63) is 48.0 Å². The number of likely N-dealkylation sites (tertiary alicyclic amines) is 1. The number of carbonyl (C=O) groups is 1. The van der Waals surface area contributed by atoms with Crippen LogP contribution in [0.15, 0.2) is 42.5 Å². The molecule has 0 spiro atoms. The Labute approximate surface area is 126 Å². The average molecular weight is 285 g/mol. The van der Waals surface area contributed by atoms with E-state index in [-0.39, 0.29) is 17.9 Å². The first-order valence-corrected chi connectivity index (χ1v) is 7.94. The largest absolute Gasteiger partial charge is 0.388 e. The molecule has 0 radical (unpaired) electrons. The van der Waals surface area contributed by atoms with E-state index in [2.05, 4.69) is 12.2 Å². The van der Waals surface area contributed by atoms with Gasteiger partial charge >= 0.3 is 0 Å². The number of rotatable bonds is 4. The number of aliphatic hydroxyl groups excluding tert-OH is 1. The summed E-state index contributed by atoms with van der Waals surface area (Å²) in [5.74, 6) is 0.419.